The minimum Gasteiger partial charge on any atom is -0.481 e. The number of thiophene rings is 1. The molecule has 8 heteroatoms. The van der Waals surface area contributed by atoms with Crippen LogP contribution in [0.1, 0.15) is 18.5 Å². The Bertz CT molecular complexity index is 594. The van der Waals surface area contributed by atoms with Crippen molar-refractivity contribution < 1.29 is 19.1 Å². The van der Waals surface area contributed by atoms with Crippen LogP contribution in [-0.2, 0) is 11.3 Å². The molecule has 0 spiro atoms. The molecule has 2 aromatic heterocycles. The van der Waals surface area contributed by atoms with Gasteiger partial charge in [-0.15, -0.1) is 11.3 Å². The maximum Gasteiger partial charge on any atom is 0.315 e. The molecule has 0 atom stereocenters. The highest BCUT2D eigenvalue weighted by Gasteiger charge is 2.08. The number of urea groups is 1. The number of amides is 2. The van der Waals surface area contributed by atoms with Crippen LogP contribution in [0.25, 0.3) is 10.8 Å². The number of nitrogens with zero attached hydrogens (tertiary/aromatic N) is 1. The fourth-order valence-electron chi connectivity index (χ4n) is 1.58. The van der Waals surface area contributed by atoms with Crippen LogP contribution in [0.3, 0.4) is 0 Å². The number of carbonyl (C=O) groups is 2. The first-order chi connectivity index (χ1) is 10.1. The van der Waals surface area contributed by atoms with Gasteiger partial charge in [0.15, 0.2) is 0 Å². The zero-order valence-electron chi connectivity index (χ0n) is 11.2. The average molecular weight is 309 g/mol. The van der Waals surface area contributed by atoms with E-state index < -0.39 is 5.97 Å². The fourth-order valence-corrected chi connectivity index (χ4v) is 2.23. The molecule has 0 aliphatic carbocycles. The first-order valence-corrected chi connectivity index (χ1v) is 7.25. The molecule has 0 unspecified atom stereocenters. The Morgan fingerprint density at radius 1 is 1.38 bits per heavy atom. The smallest absolute Gasteiger partial charge is 0.315 e. The minimum absolute atomic E-state index is 0.0355. The highest BCUT2D eigenvalue weighted by molar-refractivity contribution is 7.13. The van der Waals surface area contributed by atoms with Gasteiger partial charge in [0.25, 0.3) is 0 Å². The summed E-state index contributed by atoms with van der Waals surface area (Å²) in [6.45, 7) is 0.567. The van der Waals surface area contributed by atoms with Crippen molar-refractivity contribution in [3.63, 3.8) is 0 Å². The quantitative estimate of drug-likeness (QED) is 0.679. The number of oxazole rings is 1. The second-order valence-electron chi connectivity index (χ2n) is 4.23. The Labute approximate surface area is 125 Å². The van der Waals surface area contributed by atoms with Crippen molar-refractivity contribution in [3.8, 4) is 10.8 Å². The van der Waals surface area contributed by atoms with E-state index in [1.54, 1.807) is 0 Å². The lowest BCUT2D eigenvalue weighted by atomic mass is 10.3. The van der Waals surface area contributed by atoms with Crippen LogP contribution in [0.5, 0.6) is 0 Å². The monoisotopic (exact) mass is 309 g/mol. The number of carboxylic acid groups (broad SMARTS) is 1. The molecule has 3 N–H and O–H groups in total. The molecule has 2 heterocycles. The van der Waals surface area contributed by atoms with Gasteiger partial charge in [0.1, 0.15) is 6.26 Å². The molecular formula is C13H15N3O4S. The van der Waals surface area contributed by atoms with Gasteiger partial charge in [-0.25, -0.2) is 9.78 Å². The Balaban J connectivity index is 1.71. The van der Waals surface area contributed by atoms with E-state index in [1.165, 1.54) is 17.6 Å². The number of hydrogen-bond donors (Lipinski definition) is 3. The van der Waals surface area contributed by atoms with Crippen LogP contribution < -0.4 is 10.6 Å². The fraction of sp³-hybridized carbons (Fsp3) is 0.308. The van der Waals surface area contributed by atoms with Gasteiger partial charge < -0.3 is 20.2 Å². The van der Waals surface area contributed by atoms with Crippen LogP contribution in [-0.4, -0.2) is 28.6 Å². The molecule has 112 valence electrons. The summed E-state index contributed by atoms with van der Waals surface area (Å²) in [5.41, 5.74) is 0.624. The summed E-state index contributed by atoms with van der Waals surface area (Å²) in [7, 11) is 0. The van der Waals surface area contributed by atoms with Gasteiger partial charge in [-0.05, 0) is 17.9 Å². The van der Waals surface area contributed by atoms with E-state index in [1.807, 2.05) is 17.5 Å². The molecule has 2 rings (SSSR count). The Kier molecular flexibility index (Phi) is 5.33. The van der Waals surface area contributed by atoms with E-state index >= 15 is 0 Å². The molecule has 21 heavy (non-hydrogen) atoms. The van der Waals surface area contributed by atoms with Crippen molar-refractivity contribution in [2.75, 3.05) is 6.54 Å². The van der Waals surface area contributed by atoms with E-state index in [9.17, 15) is 9.59 Å². The van der Waals surface area contributed by atoms with Gasteiger partial charge >= 0.3 is 12.0 Å². The van der Waals surface area contributed by atoms with Gasteiger partial charge in [-0.2, -0.15) is 0 Å². The molecule has 0 saturated carbocycles. The SMILES string of the molecule is O=C(O)CCCNC(=O)NCc1coc(-c2cccs2)n1. The molecule has 0 fully saturated rings. The Morgan fingerprint density at radius 2 is 2.24 bits per heavy atom. The van der Waals surface area contributed by atoms with E-state index in [0.29, 0.717) is 24.6 Å². The summed E-state index contributed by atoms with van der Waals surface area (Å²) in [6, 6.07) is 3.45. The summed E-state index contributed by atoms with van der Waals surface area (Å²) in [5.74, 6) is -0.343. The van der Waals surface area contributed by atoms with Gasteiger partial charge in [-0.1, -0.05) is 6.07 Å². The van der Waals surface area contributed by atoms with Gasteiger partial charge in [0, 0.05) is 13.0 Å². The maximum atomic E-state index is 11.5. The third-order valence-corrected chi connectivity index (χ3v) is 3.42. The predicted molar refractivity (Wildman–Crippen MR) is 76.9 cm³/mol. The molecule has 0 radical (unpaired) electrons. The molecule has 2 aromatic rings. The number of rotatable bonds is 7. The van der Waals surface area contributed by atoms with Gasteiger partial charge in [0.05, 0.1) is 17.1 Å². The summed E-state index contributed by atoms with van der Waals surface area (Å²) in [6.07, 6.45) is 1.93. The molecule has 0 aromatic carbocycles. The van der Waals surface area contributed by atoms with E-state index in [2.05, 4.69) is 15.6 Å². The topological polar surface area (TPSA) is 104 Å². The van der Waals surface area contributed by atoms with Gasteiger partial charge in [0.2, 0.25) is 5.89 Å². The maximum absolute atomic E-state index is 11.5. The van der Waals surface area contributed by atoms with Crippen molar-refractivity contribution in [2.45, 2.75) is 19.4 Å². The largest absolute Gasteiger partial charge is 0.481 e. The number of nitrogens with one attached hydrogen (secondary N) is 2. The number of aliphatic carboxylic acids is 1. The van der Waals surface area contributed by atoms with Crippen LogP contribution >= 0.6 is 11.3 Å². The van der Waals surface area contributed by atoms with Crippen molar-refractivity contribution >= 4 is 23.3 Å². The molecule has 0 bridgehead atoms. The first-order valence-electron chi connectivity index (χ1n) is 6.37. The molecular weight excluding hydrogens is 294 g/mol. The second kappa shape index (κ2) is 7.44. The van der Waals surface area contributed by atoms with Crippen LogP contribution in [0.15, 0.2) is 28.2 Å². The lowest BCUT2D eigenvalue weighted by Crippen LogP contribution is -2.35. The predicted octanol–water partition coefficient (Wildman–Crippen LogP) is 2.07. The van der Waals surface area contributed by atoms with Crippen LogP contribution in [0, 0.1) is 0 Å². The van der Waals surface area contributed by atoms with Crippen molar-refractivity contribution in [1.29, 1.82) is 0 Å². The molecule has 0 saturated heterocycles. The Morgan fingerprint density at radius 3 is 2.95 bits per heavy atom. The third-order valence-electron chi connectivity index (χ3n) is 2.57. The van der Waals surface area contributed by atoms with Crippen LogP contribution in [0.4, 0.5) is 4.79 Å². The highest BCUT2D eigenvalue weighted by Crippen LogP contribution is 2.23. The lowest BCUT2D eigenvalue weighted by Gasteiger charge is -2.04. The standard InChI is InChI=1S/C13H15N3O4S/c17-11(18)4-1-5-14-13(19)15-7-9-8-20-12(16-9)10-3-2-6-21-10/h2-3,6,8H,1,4-5,7H2,(H,17,18)(H2,14,15,19). The number of carbonyl (C=O) groups excluding carboxylic acids is 1. The third kappa shape index (κ3) is 4.92. The second-order valence-corrected chi connectivity index (χ2v) is 5.18. The van der Waals surface area contributed by atoms with Crippen molar-refractivity contribution in [1.82, 2.24) is 15.6 Å². The van der Waals surface area contributed by atoms with E-state index in [4.69, 9.17) is 9.52 Å². The van der Waals surface area contributed by atoms with E-state index in [0.717, 1.165) is 4.88 Å². The van der Waals surface area contributed by atoms with Crippen LogP contribution in [0.2, 0.25) is 0 Å². The molecule has 7 nitrogen and oxygen atoms in total. The minimum atomic E-state index is -0.874. The van der Waals surface area contributed by atoms with Gasteiger partial charge in [-0.3, -0.25) is 4.79 Å². The first kappa shape index (κ1) is 15.0. The Hall–Kier alpha value is -2.35. The van der Waals surface area contributed by atoms with E-state index in [-0.39, 0.29) is 19.0 Å². The number of hydrogen-bond acceptors (Lipinski definition) is 5. The molecule has 0 aliphatic heterocycles. The molecule has 2 amide bonds. The number of carboxylic acids is 1. The van der Waals surface area contributed by atoms with Crippen molar-refractivity contribution in [3.05, 3.63) is 29.5 Å². The zero-order valence-corrected chi connectivity index (χ0v) is 12.0. The van der Waals surface area contributed by atoms with Crippen molar-refractivity contribution in [2.24, 2.45) is 0 Å². The summed E-state index contributed by atoms with van der Waals surface area (Å²) < 4.78 is 5.33. The number of aromatic nitrogens is 1. The molecule has 0 aliphatic rings. The summed E-state index contributed by atoms with van der Waals surface area (Å²) >= 11 is 1.53. The summed E-state index contributed by atoms with van der Waals surface area (Å²) in [4.78, 5) is 27.0. The summed E-state index contributed by atoms with van der Waals surface area (Å²) in [5, 5.41) is 15.6. The average Bonchev–Trinajstić information content (AvgIpc) is 3.11. The lowest BCUT2D eigenvalue weighted by molar-refractivity contribution is -0.137. The highest BCUT2D eigenvalue weighted by atomic mass is 32.1. The normalized spacial score (nSPS) is 10.3. The zero-order chi connectivity index (χ0) is 15.1.